The van der Waals surface area contributed by atoms with E-state index in [4.69, 9.17) is 5.73 Å². The summed E-state index contributed by atoms with van der Waals surface area (Å²) in [6.07, 6.45) is 11.3. The molecule has 0 saturated carbocycles. The molecule has 154 valence electrons. The summed E-state index contributed by atoms with van der Waals surface area (Å²) in [5.74, 6) is 0.0949. The van der Waals surface area contributed by atoms with Crippen LogP contribution in [0.1, 0.15) is 30.2 Å². The average Bonchev–Trinajstić information content (AvgIpc) is 3.48. The molecular weight excluding hydrogens is 390 g/mol. The van der Waals surface area contributed by atoms with Gasteiger partial charge in [-0.15, -0.1) is 0 Å². The molecule has 4 N–H and O–H groups in total. The van der Waals surface area contributed by atoms with E-state index in [0.717, 1.165) is 27.7 Å². The van der Waals surface area contributed by atoms with Gasteiger partial charge < -0.3 is 15.8 Å². The van der Waals surface area contributed by atoms with Gasteiger partial charge in [0, 0.05) is 47.5 Å². The minimum atomic E-state index is -1.31. The topological polar surface area (TPSA) is 126 Å². The predicted molar refractivity (Wildman–Crippen MR) is 120 cm³/mol. The van der Waals surface area contributed by atoms with Crippen molar-refractivity contribution in [1.82, 2.24) is 24.9 Å². The molecule has 1 aliphatic heterocycles. The van der Waals surface area contributed by atoms with Crippen molar-refractivity contribution in [2.45, 2.75) is 18.9 Å². The number of aromatic nitrogens is 5. The van der Waals surface area contributed by atoms with E-state index in [2.05, 4.69) is 42.1 Å². The highest BCUT2D eigenvalue weighted by molar-refractivity contribution is 6.12. The lowest BCUT2D eigenvalue weighted by Gasteiger charge is -2.27. The molecule has 0 spiro atoms. The molecule has 0 aliphatic carbocycles. The number of hydrogen-bond donors (Lipinski definition) is 3. The molecule has 0 amide bonds. The number of rotatable bonds is 5. The molecule has 0 aromatic carbocycles. The first kappa shape index (κ1) is 19.1. The molecule has 8 nitrogen and oxygen atoms in total. The number of fused-ring (bicyclic) bond motifs is 1. The molecule has 5 rings (SSSR count). The van der Waals surface area contributed by atoms with Gasteiger partial charge in [0.1, 0.15) is 11.2 Å². The van der Waals surface area contributed by atoms with Crippen molar-refractivity contribution in [1.29, 1.82) is 0 Å². The predicted octanol–water partition coefficient (Wildman–Crippen LogP) is 3.11. The third-order valence-corrected chi connectivity index (χ3v) is 5.62. The normalized spacial score (nSPS) is 15.2. The Bertz CT molecular complexity index is 1330. The second-order valence-corrected chi connectivity index (χ2v) is 7.42. The fraction of sp³-hybridized carbons (Fsp3) is 0.174. The molecular formula is C23H21N7O. The molecule has 1 aliphatic rings. The minimum Gasteiger partial charge on any atom is -0.379 e. The molecule has 0 bridgehead atoms. The van der Waals surface area contributed by atoms with Gasteiger partial charge in [0.2, 0.25) is 5.95 Å². The molecule has 8 heteroatoms. The van der Waals surface area contributed by atoms with Gasteiger partial charge in [-0.05, 0) is 41.8 Å². The monoisotopic (exact) mass is 411 g/mol. The fourth-order valence-electron chi connectivity index (χ4n) is 3.90. The van der Waals surface area contributed by atoms with Crippen LogP contribution < -0.4 is 5.73 Å². The van der Waals surface area contributed by atoms with Gasteiger partial charge in [-0.25, -0.2) is 15.0 Å². The Morgan fingerprint density at radius 3 is 2.77 bits per heavy atom. The third kappa shape index (κ3) is 3.27. The Labute approximate surface area is 178 Å². The zero-order valence-electron chi connectivity index (χ0n) is 16.9. The number of nitrogen functional groups attached to an aromatic ring is 1. The minimum absolute atomic E-state index is 0.0949. The maximum absolute atomic E-state index is 11.5. The Hall–Kier alpha value is -3.91. The standard InChI is InChI=1S/C23H21N7O/c1-2-23(31,16-4-7-25-8-5-16)20-10-19(29-22(24)30-20)18-13-28-21-17(18)9-15(12-27-21)14-3-6-26-11-14/h3-5,7-13,31H,2,6H2,1H3,(H,27,28)(H2,24,29,30)/t23-/m1/s1. The summed E-state index contributed by atoms with van der Waals surface area (Å²) in [7, 11) is 0. The molecule has 0 fully saturated rings. The first-order valence-electron chi connectivity index (χ1n) is 10.0. The van der Waals surface area contributed by atoms with Gasteiger partial charge >= 0.3 is 0 Å². The van der Waals surface area contributed by atoms with Crippen LogP contribution in [0, 0.1) is 0 Å². The third-order valence-electron chi connectivity index (χ3n) is 5.62. The summed E-state index contributed by atoms with van der Waals surface area (Å²) in [5, 5.41) is 12.4. The quantitative estimate of drug-likeness (QED) is 0.463. The smallest absolute Gasteiger partial charge is 0.220 e. The molecule has 0 radical (unpaired) electrons. The summed E-state index contributed by atoms with van der Waals surface area (Å²) in [5.41, 5.74) is 10.1. The van der Waals surface area contributed by atoms with Crippen LogP contribution in [0.2, 0.25) is 0 Å². The molecule has 31 heavy (non-hydrogen) atoms. The van der Waals surface area contributed by atoms with E-state index in [-0.39, 0.29) is 5.95 Å². The van der Waals surface area contributed by atoms with E-state index in [9.17, 15) is 5.11 Å². The molecule has 0 unspecified atom stereocenters. The number of aliphatic hydroxyl groups is 1. The van der Waals surface area contributed by atoms with E-state index in [1.807, 2.05) is 25.5 Å². The molecule has 0 saturated heterocycles. The number of pyridine rings is 2. The van der Waals surface area contributed by atoms with Crippen LogP contribution in [0.15, 0.2) is 60.1 Å². The number of anilines is 1. The number of nitrogens with zero attached hydrogens (tertiary/aromatic N) is 5. The van der Waals surface area contributed by atoms with Crippen LogP contribution in [0.25, 0.3) is 27.9 Å². The van der Waals surface area contributed by atoms with Crippen LogP contribution >= 0.6 is 0 Å². The fourth-order valence-corrected chi connectivity index (χ4v) is 3.90. The van der Waals surface area contributed by atoms with Crippen LogP contribution in [0.5, 0.6) is 0 Å². The summed E-state index contributed by atoms with van der Waals surface area (Å²) in [6.45, 7) is 2.58. The van der Waals surface area contributed by atoms with E-state index >= 15 is 0 Å². The zero-order valence-corrected chi connectivity index (χ0v) is 16.9. The van der Waals surface area contributed by atoms with Crippen LogP contribution in [0.4, 0.5) is 5.95 Å². The van der Waals surface area contributed by atoms with Crippen molar-refractivity contribution in [2.24, 2.45) is 4.99 Å². The van der Waals surface area contributed by atoms with Crippen LogP contribution in [-0.4, -0.2) is 42.8 Å². The Kier molecular flexibility index (Phi) is 4.56. The van der Waals surface area contributed by atoms with Crippen molar-refractivity contribution in [3.05, 3.63) is 71.9 Å². The number of aliphatic imine (C=N–C) groups is 1. The van der Waals surface area contributed by atoms with Crippen molar-refractivity contribution in [3.8, 4) is 11.3 Å². The second kappa shape index (κ2) is 7.41. The SMILES string of the molecule is CC[C@@](O)(c1ccncc1)c1cc(-c2c[nH]c3ncc(C4=CCN=C4)cc23)nc(N)n1. The first-order chi connectivity index (χ1) is 15.1. The van der Waals surface area contributed by atoms with E-state index < -0.39 is 5.60 Å². The molecule has 1 atom stereocenters. The van der Waals surface area contributed by atoms with Crippen LogP contribution in [-0.2, 0) is 5.60 Å². The highest BCUT2D eigenvalue weighted by atomic mass is 16.3. The van der Waals surface area contributed by atoms with Crippen LogP contribution in [0.3, 0.4) is 0 Å². The number of hydrogen-bond acceptors (Lipinski definition) is 7. The summed E-state index contributed by atoms with van der Waals surface area (Å²) >= 11 is 0. The Balaban J connectivity index is 1.65. The van der Waals surface area contributed by atoms with Crippen molar-refractivity contribution >= 4 is 28.8 Å². The lowest BCUT2D eigenvalue weighted by molar-refractivity contribution is 0.0719. The summed E-state index contributed by atoms with van der Waals surface area (Å²) < 4.78 is 0. The largest absolute Gasteiger partial charge is 0.379 e. The number of nitrogens with two attached hydrogens (primary N) is 1. The maximum Gasteiger partial charge on any atom is 0.220 e. The number of allylic oxidation sites excluding steroid dienone is 1. The molecule has 4 aromatic heterocycles. The molecule has 4 aromatic rings. The number of H-pyrrole nitrogens is 1. The Morgan fingerprint density at radius 1 is 1.19 bits per heavy atom. The highest BCUT2D eigenvalue weighted by Crippen LogP contribution is 2.35. The Morgan fingerprint density at radius 2 is 2.03 bits per heavy atom. The van der Waals surface area contributed by atoms with E-state index in [0.29, 0.717) is 29.9 Å². The van der Waals surface area contributed by atoms with Gasteiger partial charge in [-0.3, -0.25) is 9.98 Å². The van der Waals surface area contributed by atoms with Gasteiger partial charge in [-0.2, -0.15) is 0 Å². The second-order valence-electron chi connectivity index (χ2n) is 7.42. The van der Waals surface area contributed by atoms with Crippen molar-refractivity contribution in [3.63, 3.8) is 0 Å². The van der Waals surface area contributed by atoms with E-state index in [1.165, 1.54) is 0 Å². The van der Waals surface area contributed by atoms with Gasteiger partial charge in [0.25, 0.3) is 0 Å². The van der Waals surface area contributed by atoms with Gasteiger partial charge in [-0.1, -0.05) is 13.0 Å². The van der Waals surface area contributed by atoms with E-state index in [1.54, 1.807) is 30.6 Å². The van der Waals surface area contributed by atoms with Gasteiger partial charge in [0.15, 0.2) is 0 Å². The average molecular weight is 411 g/mol. The van der Waals surface area contributed by atoms with Crippen molar-refractivity contribution in [2.75, 3.05) is 12.3 Å². The zero-order chi connectivity index (χ0) is 21.4. The summed E-state index contributed by atoms with van der Waals surface area (Å²) in [6, 6.07) is 7.40. The maximum atomic E-state index is 11.5. The summed E-state index contributed by atoms with van der Waals surface area (Å²) in [4.78, 5) is 24.8. The van der Waals surface area contributed by atoms with Gasteiger partial charge in [0.05, 0.1) is 17.9 Å². The van der Waals surface area contributed by atoms with Crippen molar-refractivity contribution < 1.29 is 5.11 Å². The number of aromatic amines is 1. The lowest BCUT2D eigenvalue weighted by atomic mass is 9.87. The first-order valence-corrected chi connectivity index (χ1v) is 10.0. The highest BCUT2D eigenvalue weighted by Gasteiger charge is 2.32. The molecule has 5 heterocycles. The number of nitrogens with one attached hydrogen (secondary N) is 1. The lowest BCUT2D eigenvalue weighted by Crippen LogP contribution is -2.28.